The number of carbonyl (C=O) groups excluding carboxylic acids is 3. The van der Waals surface area contributed by atoms with Crippen LogP contribution in [0.5, 0.6) is 11.5 Å². The van der Waals surface area contributed by atoms with Crippen molar-refractivity contribution in [3.63, 3.8) is 0 Å². The van der Waals surface area contributed by atoms with Gasteiger partial charge in [0, 0.05) is 30.5 Å². The summed E-state index contributed by atoms with van der Waals surface area (Å²) >= 11 is 0. The molecular formula is C20H19N3O7. The second kappa shape index (κ2) is 10.5. The van der Waals surface area contributed by atoms with Gasteiger partial charge in [-0.05, 0) is 18.2 Å². The second-order valence-electron chi connectivity index (χ2n) is 5.83. The molecule has 2 rings (SSSR count). The average Bonchev–Trinajstić information content (AvgIpc) is 2.74. The van der Waals surface area contributed by atoms with Crippen LogP contribution in [0.1, 0.15) is 42.6 Å². The van der Waals surface area contributed by atoms with Crippen LogP contribution in [0.25, 0.3) is 0 Å². The molecule has 156 valence electrons. The first-order valence-corrected chi connectivity index (χ1v) is 8.97. The summed E-state index contributed by atoms with van der Waals surface area (Å²) in [4.78, 5) is 45.7. The van der Waals surface area contributed by atoms with Crippen molar-refractivity contribution >= 4 is 29.7 Å². The van der Waals surface area contributed by atoms with Crippen molar-refractivity contribution in [2.75, 3.05) is 0 Å². The number of rotatable bonds is 8. The lowest BCUT2D eigenvalue weighted by Crippen LogP contribution is -2.19. The molecule has 0 aromatic heterocycles. The normalized spacial score (nSPS) is 10.5. The fourth-order valence-electron chi connectivity index (χ4n) is 2.22. The number of esters is 2. The van der Waals surface area contributed by atoms with Gasteiger partial charge in [0.1, 0.15) is 17.1 Å². The fraction of sp³-hybridized carbons (Fsp3) is 0.200. The van der Waals surface area contributed by atoms with Crippen LogP contribution in [0.3, 0.4) is 0 Å². The molecule has 0 spiro atoms. The van der Waals surface area contributed by atoms with Gasteiger partial charge in [-0.25, -0.2) is 5.43 Å². The van der Waals surface area contributed by atoms with E-state index in [0.717, 1.165) is 0 Å². The van der Waals surface area contributed by atoms with Gasteiger partial charge < -0.3 is 9.47 Å². The Bertz CT molecular complexity index is 1000. The Hall–Kier alpha value is -4.08. The molecular weight excluding hydrogens is 394 g/mol. The van der Waals surface area contributed by atoms with Crippen LogP contribution >= 0.6 is 0 Å². The predicted molar refractivity (Wildman–Crippen MR) is 106 cm³/mol. The van der Waals surface area contributed by atoms with Gasteiger partial charge >= 0.3 is 11.9 Å². The number of para-hydroxylation sites is 1. The molecule has 0 saturated heterocycles. The smallest absolute Gasteiger partial charge is 0.310 e. The van der Waals surface area contributed by atoms with Crippen LogP contribution in [0.15, 0.2) is 47.6 Å². The van der Waals surface area contributed by atoms with Crippen molar-refractivity contribution in [2.45, 2.75) is 26.7 Å². The number of ether oxygens (including phenoxy) is 2. The van der Waals surface area contributed by atoms with Gasteiger partial charge in [-0.15, -0.1) is 0 Å². The van der Waals surface area contributed by atoms with Gasteiger partial charge in [-0.1, -0.05) is 26.0 Å². The predicted octanol–water partition coefficient (Wildman–Crippen LogP) is 2.99. The Kier molecular flexibility index (Phi) is 7.74. The maximum atomic E-state index is 12.2. The summed E-state index contributed by atoms with van der Waals surface area (Å²) < 4.78 is 10.3. The van der Waals surface area contributed by atoms with Crippen LogP contribution in [0, 0.1) is 10.1 Å². The third-order valence-electron chi connectivity index (χ3n) is 3.73. The van der Waals surface area contributed by atoms with Gasteiger partial charge in [-0.2, -0.15) is 5.10 Å². The van der Waals surface area contributed by atoms with Crippen molar-refractivity contribution in [3.8, 4) is 11.5 Å². The first kappa shape index (κ1) is 22.2. The van der Waals surface area contributed by atoms with Crippen molar-refractivity contribution in [2.24, 2.45) is 5.10 Å². The first-order valence-electron chi connectivity index (χ1n) is 8.97. The van der Waals surface area contributed by atoms with E-state index in [2.05, 4.69) is 10.5 Å². The molecule has 0 radical (unpaired) electrons. The Morgan fingerprint density at radius 3 is 2.40 bits per heavy atom. The van der Waals surface area contributed by atoms with E-state index in [1.807, 2.05) is 0 Å². The van der Waals surface area contributed by atoms with E-state index in [4.69, 9.17) is 9.47 Å². The Morgan fingerprint density at radius 1 is 1.07 bits per heavy atom. The van der Waals surface area contributed by atoms with Gasteiger partial charge in [-0.3, -0.25) is 24.5 Å². The number of hydrazone groups is 1. The lowest BCUT2D eigenvalue weighted by Gasteiger charge is -2.09. The molecule has 2 aromatic carbocycles. The molecule has 0 aliphatic heterocycles. The molecule has 0 aliphatic carbocycles. The highest BCUT2D eigenvalue weighted by atomic mass is 16.6. The Morgan fingerprint density at radius 2 is 1.73 bits per heavy atom. The van der Waals surface area contributed by atoms with E-state index in [0.29, 0.717) is 5.56 Å². The third kappa shape index (κ3) is 5.96. The van der Waals surface area contributed by atoms with Crippen LogP contribution < -0.4 is 14.9 Å². The summed E-state index contributed by atoms with van der Waals surface area (Å²) in [5.41, 5.74) is 2.00. The zero-order valence-corrected chi connectivity index (χ0v) is 16.3. The largest absolute Gasteiger partial charge is 0.426 e. The number of carbonyl (C=O) groups is 3. The molecule has 1 N–H and O–H groups in total. The zero-order valence-electron chi connectivity index (χ0n) is 16.3. The minimum Gasteiger partial charge on any atom is -0.426 e. The van der Waals surface area contributed by atoms with Crippen molar-refractivity contribution in [3.05, 3.63) is 63.7 Å². The maximum Gasteiger partial charge on any atom is 0.310 e. The topological polar surface area (TPSA) is 137 Å². The zero-order chi connectivity index (χ0) is 22.1. The number of nitrogens with zero attached hydrogens (tertiary/aromatic N) is 2. The summed E-state index contributed by atoms with van der Waals surface area (Å²) in [6.45, 7) is 3.26. The number of hydrogen-bond acceptors (Lipinski definition) is 8. The van der Waals surface area contributed by atoms with Crippen LogP contribution in [-0.4, -0.2) is 29.0 Å². The van der Waals surface area contributed by atoms with Gasteiger partial charge in [0.2, 0.25) is 0 Å². The molecule has 10 nitrogen and oxygen atoms in total. The Balaban J connectivity index is 2.22. The lowest BCUT2D eigenvalue weighted by molar-refractivity contribution is -0.385. The SMILES string of the molecule is CCC(=O)Oc1ccc(/C=N/NC(=O)c2ccccc2[N+](=O)[O-])c(OC(=O)CC)c1. The number of benzene rings is 2. The minimum absolute atomic E-state index is 0.0759. The third-order valence-corrected chi connectivity index (χ3v) is 3.73. The van der Waals surface area contributed by atoms with Crippen molar-refractivity contribution < 1.29 is 28.8 Å². The quantitative estimate of drug-likeness (QED) is 0.231. The first-order chi connectivity index (χ1) is 14.3. The molecule has 30 heavy (non-hydrogen) atoms. The average molecular weight is 413 g/mol. The summed E-state index contributed by atoms with van der Waals surface area (Å²) in [6, 6.07) is 9.75. The highest BCUT2D eigenvalue weighted by Gasteiger charge is 2.18. The van der Waals surface area contributed by atoms with E-state index in [-0.39, 0.29) is 35.6 Å². The molecule has 0 heterocycles. The van der Waals surface area contributed by atoms with Crippen LogP contribution in [0.2, 0.25) is 0 Å². The summed E-state index contributed by atoms with van der Waals surface area (Å²) in [5, 5.41) is 14.8. The molecule has 0 unspecified atom stereocenters. The maximum absolute atomic E-state index is 12.2. The van der Waals surface area contributed by atoms with E-state index < -0.39 is 22.8 Å². The van der Waals surface area contributed by atoms with Crippen molar-refractivity contribution in [1.82, 2.24) is 5.43 Å². The molecule has 1 amide bonds. The van der Waals surface area contributed by atoms with Crippen molar-refractivity contribution in [1.29, 1.82) is 0 Å². The van der Waals surface area contributed by atoms with E-state index >= 15 is 0 Å². The molecule has 2 aromatic rings. The number of nitrogens with one attached hydrogen (secondary N) is 1. The molecule has 0 bridgehead atoms. The lowest BCUT2D eigenvalue weighted by atomic mass is 10.2. The number of hydrogen-bond donors (Lipinski definition) is 1. The molecule has 10 heteroatoms. The fourth-order valence-corrected chi connectivity index (χ4v) is 2.22. The highest BCUT2D eigenvalue weighted by molar-refractivity contribution is 5.98. The van der Waals surface area contributed by atoms with Gasteiger partial charge in [0.05, 0.1) is 11.1 Å². The number of nitro groups is 1. The minimum atomic E-state index is -0.779. The number of nitro benzene ring substituents is 1. The highest BCUT2D eigenvalue weighted by Crippen LogP contribution is 2.25. The summed E-state index contributed by atoms with van der Waals surface area (Å²) in [6.07, 6.45) is 1.49. The van der Waals surface area contributed by atoms with E-state index in [9.17, 15) is 24.5 Å². The van der Waals surface area contributed by atoms with Crippen LogP contribution in [-0.2, 0) is 9.59 Å². The second-order valence-corrected chi connectivity index (χ2v) is 5.83. The van der Waals surface area contributed by atoms with E-state index in [1.165, 1.54) is 48.7 Å². The monoisotopic (exact) mass is 413 g/mol. The molecule has 0 fully saturated rings. The van der Waals surface area contributed by atoms with Gasteiger partial charge in [0.25, 0.3) is 11.6 Å². The summed E-state index contributed by atoms with van der Waals surface area (Å²) in [7, 11) is 0. The number of amides is 1. The summed E-state index contributed by atoms with van der Waals surface area (Å²) in [5.74, 6) is -1.50. The molecule has 0 saturated carbocycles. The molecule has 0 atom stereocenters. The van der Waals surface area contributed by atoms with Crippen LogP contribution in [0.4, 0.5) is 5.69 Å². The van der Waals surface area contributed by atoms with E-state index in [1.54, 1.807) is 13.8 Å². The van der Waals surface area contributed by atoms with Gasteiger partial charge in [0.15, 0.2) is 0 Å². The standard InChI is InChI=1S/C20H19N3O7/c1-3-18(24)29-14-10-9-13(17(11-14)30-19(25)4-2)12-21-22-20(26)15-7-5-6-8-16(15)23(27)28/h5-12H,3-4H2,1-2H3,(H,22,26)/b21-12+. The Labute approximate surface area is 171 Å². The molecule has 0 aliphatic rings.